The molecule has 0 spiro atoms. The molecule has 4 aromatic rings. The van der Waals surface area contributed by atoms with Gasteiger partial charge in [-0.05, 0) is 47.9 Å². The lowest BCUT2D eigenvalue weighted by Crippen LogP contribution is -2.40. The lowest BCUT2D eigenvalue weighted by molar-refractivity contribution is 0.0668. The first kappa shape index (κ1) is 19.7. The maximum Gasteiger partial charge on any atom is 0.253 e. The van der Waals surface area contributed by atoms with Crippen molar-refractivity contribution in [3.05, 3.63) is 76.8 Å². The van der Waals surface area contributed by atoms with Crippen molar-refractivity contribution in [2.75, 3.05) is 13.1 Å². The van der Waals surface area contributed by atoms with Gasteiger partial charge >= 0.3 is 0 Å². The van der Waals surface area contributed by atoms with Gasteiger partial charge in [-0.15, -0.1) is 0 Å². The Bertz CT molecular complexity index is 1120. The highest BCUT2D eigenvalue weighted by Gasteiger charge is 2.26. The SMILES string of the molecule is O=C(c1ccc(Cn2ccnc2)cc1)N1CCCC(Cc2nc(-c3ccsc3)no2)C1. The number of rotatable bonds is 6. The van der Waals surface area contributed by atoms with Crippen LogP contribution in [0, 0.1) is 5.92 Å². The molecule has 158 valence electrons. The molecule has 7 nitrogen and oxygen atoms in total. The third-order valence-corrected chi connectivity index (χ3v) is 6.33. The van der Waals surface area contributed by atoms with E-state index in [1.807, 2.05) is 56.8 Å². The molecule has 1 aliphatic heterocycles. The summed E-state index contributed by atoms with van der Waals surface area (Å²) < 4.78 is 7.47. The molecular formula is C23H23N5O2S. The zero-order valence-electron chi connectivity index (χ0n) is 17.1. The van der Waals surface area contributed by atoms with Crippen molar-refractivity contribution < 1.29 is 9.32 Å². The van der Waals surface area contributed by atoms with E-state index >= 15 is 0 Å². The van der Waals surface area contributed by atoms with Crippen molar-refractivity contribution in [1.82, 2.24) is 24.6 Å². The molecule has 0 radical (unpaired) electrons. The van der Waals surface area contributed by atoms with Gasteiger partial charge in [0, 0.05) is 55.0 Å². The number of hydrogen-bond donors (Lipinski definition) is 0. The van der Waals surface area contributed by atoms with E-state index < -0.39 is 0 Å². The van der Waals surface area contributed by atoms with E-state index in [-0.39, 0.29) is 5.91 Å². The van der Waals surface area contributed by atoms with Gasteiger partial charge in [-0.25, -0.2) is 4.98 Å². The number of nitrogens with zero attached hydrogens (tertiary/aromatic N) is 5. The Hall–Kier alpha value is -3.26. The summed E-state index contributed by atoms with van der Waals surface area (Å²) in [6, 6.07) is 9.85. The quantitative estimate of drug-likeness (QED) is 0.457. The van der Waals surface area contributed by atoms with Crippen LogP contribution in [0.5, 0.6) is 0 Å². The van der Waals surface area contributed by atoms with Crippen LogP contribution >= 0.6 is 11.3 Å². The number of likely N-dealkylation sites (tertiary alicyclic amines) is 1. The van der Waals surface area contributed by atoms with Crippen LogP contribution in [0.1, 0.15) is 34.7 Å². The molecule has 31 heavy (non-hydrogen) atoms. The second kappa shape index (κ2) is 8.85. The first-order valence-corrected chi connectivity index (χ1v) is 11.4. The van der Waals surface area contributed by atoms with Gasteiger partial charge in [-0.2, -0.15) is 16.3 Å². The molecule has 1 fully saturated rings. The van der Waals surface area contributed by atoms with Crippen LogP contribution in [-0.2, 0) is 13.0 Å². The van der Waals surface area contributed by atoms with Gasteiger partial charge in [0.15, 0.2) is 0 Å². The molecule has 3 aromatic heterocycles. The number of thiophene rings is 1. The summed E-state index contributed by atoms with van der Waals surface area (Å²) in [5.74, 6) is 1.69. The van der Waals surface area contributed by atoms with Crippen LogP contribution < -0.4 is 0 Å². The average Bonchev–Trinajstić information content (AvgIpc) is 3.57. The summed E-state index contributed by atoms with van der Waals surface area (Å²) in [6.07, 6.45) is 8.23. The number of amides is 1. The molecule has 1 aliphatic rings. The minimum Gasteiger partial charge on any atom is -0.339 e. The van der Waals surface area contributed by atoms with Crippen molar-refractivity contribution in [2.24, 2.45) is 5.92 Å². The third-order valence-electron chi connectivity index (χ3n) is 5.64. The fourth-order valence-electron chi connectivity index (χ4n) is 4.04. The Balaban J connectivity index is 1.20. The van der Waals surface area contributed by atoms with E-state index in [1.54, 1.807) is 23.9 Å². The zero-order valence-corrected chi connectivity index (χ0v) is 17.9. The predicted molar refractivity (Wildman–Crippen MR) is 118 cm³/mol. The first-order valence-electron chi connectivity index (χ1n) is 10.4. The second-order valence-corrected chi connectivity index (χ2v) is 8.70. The topological polar surface area (TPSA) is 77.1 Å². The maximum absolute atomic E-state index is 13.0. The predicted octanol–water partition coefficient (Wildman–Crippen LogP) is 4.14. The van der Waals surface area contributed by atoms with Crippen LogP contribution in [0.25, 0.3) is 11.4 Å². The Morgan fingerprint density at radius 1 is 1.23 bits per heavy atom. The lowest BCUT2D eigenvalue weighted by Gasteiger charge is -2.32. The molecule has 0 bridgehead atoms. The van der Waals surface area contributed by atoms with E-state index in [2.05, 4.69) is 15.1 Å². The van der Waals surface area contributed by atoms with Crippen LogP contribution in [0.4, 0.5) is 0 Å². The molecule has 4 heterocycles. The molecule has 1 unspecified atom stereocenters. The number of imidazole rings is 1. The van der Waals surface area contributed by atoms with E-state index in [9.17, 15) is 4.79 Å². The van der Waals surface area contributed by atoms with Crippen LogP contribution in [0.3, 0.4) is 0 Å². The van der Waals surface area contributed by atoms with Gasteiger partial charge in [-0.1, -0.05) is 17.3 Å². The Labute approximate surface area is 184 Å². The van der Waals surface area contributed by atoms with Crippen molar-refractivity contribution in [3.8, 4) is 11.4 Å². The summed E-state index contributed by atoms with van der Waals surface area (Å²) in [5, 5.41) is 8.11. The average molecular weight is 434 g/mol. The van der Waals surface area contributed by atoms with Crippen LogP contribution in [-0.4, -0.2) is 43.6 Å². The smallest absolute Gasteiger partial charge is 0.253 e. The molecule has 1 atom stereocenters. The van der Waals surface area contributed by atoms with Crippen molar-refractivity contribution in [2.45, 2.75) is 25.8 Å². The number of benzene rings is 1. The molecule has 1 amide bonds. The van der Waals surface area contributed by atoms with E-state index in [0.717, 1.165) is 42.6 Å². The highest BCUT2D eigenvalue weighted by molar-refractivity contribution is 7.08. The normalized spacial score (nSPS) is 16.5. The minimum atomic E-state index is 0.0865. The standard InChI is InChI=1S/C23H23N5O2S/c29-23(19-5-3-17(4-6-19)13-27-10-8-24-16-27)28-9-1-2-18(14-28)12-21-25-22(26-30-21)20-7-11-31-15-20/h3-8,10-11,15-16,18H,1-2,9,12-14H2. The first-order chi connectivity index (χ1) is 15.2. The highest BCUT2D eigenvalue weighted by atomic mass is 32.1. The van der Waals surface area contributed by atoms with Gasteiger partial charge < -0.3 is 14.0 Å². The Morgan fingerprint density at radius 2 is 2.13 bits per heavy atom. The molecule has 5 rings (SSSR count). The lowest BCUT2D eigenvalue weighted by atomic mass is 9.94. The van der Waals surface area contributed by atoms with Gasteiger partial charge in [0.2, 0.25) is 11.7 Å². The third kappa shape index (κ3) is 4.59. The number of hydrogen-bond acceptors (Lipinski definition) is 6. The molecule has 0 saturated carbocycles. The van der Waals surface area contributed by atoms with Gasteiger partial charge in [0.25, 0.3) is 5.91 Å². The number of carbonyl (C=O) groups excluding carboxylic acids is 1. The van der Waals surface area contributed by atoms with E-state index in [0.29, 0.717) is 30.6 Å². The van der Waals surface area contributed by atoms with Crippen LogP contribution in [0.2, 0.25) is 0 Å². The largest absolute Gasteiger partial charge is 0.339 e. The summed E-state index contributed by atoms with van der Waals surface area (Å²) >= 11 is 1.61. The number of piperidine rings is 1. The van der Waals surface area contributed by atoms with E-state index in [1.165, 1.54) is 0 Å². The zero-order chi connectivity index (χ0) is 21.0. The Kier molecular flexibility index (Phi) is 5.62. The van der Waals surface area contributed by atoms with Crippen molar-refractivity contribution in [1.29, 1.82) is 0 Å². The monoisotopic (exact) mass is 433 g/mol. The second-order valence-electron chi connectivity index (χ2n) is 7.92. The van der Waals surface area contributed by atoms with Crippen molar-refractivity contribution >= 4 is 17.2 Å². The van der Waals surface area contributed by atoms with Gasteiger partial charge in [0.05, 0.1) is 6.33 Å². The summed E-state index contributed by atoms with van der Waals surface area (Å²) in [4.78, 5) is 23.6. The van der Waals surface area contributed by atoms with Crippen LogP contribution in [0.15, 0.2) is 64.3 Å². The molecule has 1 aromatic carbocycles. The summed E-state index contributed by atoms with van der Waals surface area (Å²) in [5.41, 5.74) is 2.85. The van der Waals surface area contributed by atoms with Gasteiger partial charge in [-0.3, -0.25) is 4.79 Å². The fourth-order valence-corrected chi connectivity index (χ4v) is 4.67. The minimum absolute atomic E-state index is 0.0865. The fraction of sp³-hybridized carbons (Fsp3) is 0.304. The highest BCUT2D eigenvalue weighted by Crippen LogP contribution is 2.24. The maximum atomic E-state index is 13.0. The molecule has 1 saturated heterocycles. The van der Waals surface area contributed by atoms with Crippen molar-refractivity contribution in [3.63, 3.8) is 0 Å². The summed E-state index contributed by atoms with van der Waals surface area (Å²) in [7, 11) is 0. The van der Waals surface area contributed by atoms with E-state index in [4.69, 9.17) is 4.52 Å². The molecule has 0 aliphatic carbocycles. The number of aromatic nitrogens is 4. The molecule has 0 N–H and O–H groups in total. The summed E-state index contributed by atoms with van der Waals surface area (Å²) in [6.45, 7) is 2.25. The Morgan fingerprint density at radius 3 is 2.90 bits per heavy atom. The number of carbonyl (C=O) groups is 1. The van der Waals surface area contributed by atoms with Gasteiger partial charge in [0.1, 0.15) is 0 Å². The molecular weight excluding hydrogens is 410 g/mol. The molecule has 8 heteroatoms.